The van der Waals surface area contributed by atoms with Crippen molar-refractivity contribution in [3.8, 4) is 0 Å². The highest BCUT2D eigenvalue weighted by Crippen LogP contribution is 2.31. The van der Waals surface area contributed by atoms with Crippen LogP contribution in [0, 0.1) is 0 Å². The van der Waals surface area contributed by atoms with Crippen LogP contribution in [-0.4, -0.2) is 15.5 Å². The van der Waals surface area contributed by atoms with Gasteiger partial charge in [0.2, 0.25) is 0 Å². The van der Waals surface area contributed by atoms with Crippen LogP contribution in [0.1, 0.15) is 34.6 Å². The van der Waals surface area contributed by atoms with E-state index < -0.39 is 0 Å². The van der Waals surface area contributed by atoms with Crippen LogP contribution in [0.4, 0.5) is 0 Å². The highest BCUT2D eigenvalue weighted by Gasteiger charge is 2.21. The number of hydrogen-bond acceptors (Lipinski definition) is 3. The second-order valence-corrected chi connectivity index (χ2v) is 7.15. The van der Waals surface area contributed by atoms with Gasteiger partial charge in [-0.05, 0) is 41.6 Å². The Morgan fingerprint density at radius 3 is 2.81 bits per heavy atom. The number of rotatable bonds is 5. The molecule has 26 heavy (non-hydrogen) atoms. The van der Waals surface area contributed by atoms with Crippen LogP contribution in [0.25, 0.3) is 10.2 Å². The summed E-state index contributed by atoms with van der Waals surface area (Å²) in [6, 6.07) is 18.2. The molecule has 0 bridgehead atoms. The molecule has 5 heteroatoms. The molecule has 3 heterocycles. The second-order valence-electron chi connectivity index (χ2n) is 6.20. The van der Waals surface area contributed by atoms with Crippen molar-refractivity contribution < 1.29 is 4.79 Å². The Hall–Kier alpha value is -2.92. The summed E-state index contributed by atoms with van der Waals surface area (Å²) in [6.07, 6.45) is 3.50. The summed E-state index contributed by atoms with van der Waals surface area (Å²) >= 11 is 1.66. The van der Waals surface area contributed by atoms with Crippen LogP contribution in [0.5, 0.6) is 0 Å². The number of thiophene rings is 1. The molecule has 4 aromatic rings. The fraction of sp³-hybridized carbons (Fsp3) is 0.143. The monoisotopic (exact) mass is 361 g/mol. The van der Waals surface area contributed by atoms with Gasteiger partial charge in [-0.25, -0.2) is 0 Å². The summed E-state index contributed by atoms with van der Waals surface area (Å²) in [7, 11) is 0. The van der Waals surface area contributed by atoms with Crippen LogP contribution in [0.3, 0.4) is 0 Å². The summed E-state index contributed by atoms with van der Waals surface area (Å²) < 4.78 is 3.25. The third kappa shape index (κ3) is 3.13. The van der Waals surface area contributed by atoms with Crippen LogP contribution >= 0.6 is 11.3 Å². The molecular formula is C21H19N3OS. The quantitative estimate of drug-likeness (QED) is 0.563. The van der Waals surface area contributed by atoms with Gasteiger partial charge in [-0.3, -0.25) is 9.78 Å². The topological polar surface area (TPSA) is 46.9 Å². The fourth-order valence-electron chi connectivity index (χ4n) is 3.19. The average Bonchev–Trinajstić information content (AvgIpc) is 3.28. The van der Waals surface area contributed by atoms with Gasteiger partial charge in [-0.2, -0.15) is 0 Å². The zero-order valence-electron chi connectivity index (χ0n) is 14.4. The largest absolute Gasteiger partial charge is 0.347 e. The first-order valence-corrected chi connectivity index (χ1v) is 9.42. The van der Waals surface area contributed by atoms with E-state index in [-0.39, 0.29) is 11.9 Å². The summed E-state index contributed by atoms with van der Waals surface area (Å²) in [5, 5.41) is 5.08. The highest BCUT2D eigenvalue weighted by atomic mass is 32.1. The van der Waals surface area contributed by atoms with E-state index in [0.717, 1.165) is 15.8 Å². The molecule has 0 radical (unpaired) electrons. The molecule has 0 aliphatic heterocycles. The molecule has 1 atom stereocenters. The Kier molecular flexibility index (Phi) is 4.54. The van der Waals surface area contributed by atoms with E-state index in [1.54, 1.807) is 23.7 Å². The maximum Gasteiger partial charge on any atom is 0.268 e. The molecule has 1 unspecified atom stereocenters. The van der Waals surface area contributed by atoms with E-state index in [1.165, 1.54) is 5.56 Å². The van der Waals surface area contributed by atoms with Crippen molar-refractivity contribution in [2.45, 2.75) is 19.5 Å². The Morgan fingerprint density at radius 2 is 2.04 bits per heavy atom. The molecule has 0 saturated heterocycles. The van der Waals surface area contributed by atoms with E-state index in [4.69, 9.17) is 0 Å². The highest BCUT2D eigenvalue weighted by molar-refractivity contribution is 7.17. The maximum absolute atomic E-state index is 12.9. The molecule has 0 aliphatic rings. The van der Waals surface area contributed by atoms with Crippen LogP contribution in [0.15, 0.2) is 72.4 Å². The normalized spacial score (nSPS) is 12.2. The fourth-order valence-corrected chi connectivity index (χ4v) is 4.00. The standard InChI is InChI=1S/C21H19N3OS/c1-15(17-7-3-2-4-8-17)24-18-9-11-26-20(18)12-19(24)21(25)23-14-16-6-5-10-22-13-16/h2-13,15H,14H2,1H3,(H,23,25). The molecule has 3 aromatic heterocycles. The van der Waals surface area contributed by atoms with Gasteiger partial charge in [0, 0.05) is 18.9 Å². The number of benzene rings is 1. The number of carbonyl (C=O) groups excluding carboxylic acids is 1. The van der Waals surface area contributed by atoms with Gasteiger partial charge in [0.05, 0.1) is 16.3 Å². The molecular weight excluding hydrogens is 342 g/mol. The van der Waals surface area contributed by atoms with Gasteiger partial charge in [0.25, 0.3) is 5.91 Å². The predicted molar refractivity (Wildman–Crippen MR) is 105 cm³/mol. The van der Waals surface area contributed by atoms with Crippen LogP contribution in [-0.2, 0) is 6.54 Å². The van der Waals surface area contributed by atoms with Crippen molar-refractivity contribution in [3.63, 3.8) is 0 Å². The zero-order valence-corrected chi connectivity index (χ0v) is 15.2. The van der Waals surface area contributed by atoms with Crippen molar-refractivity contribution in [2.75, 3.05) is 0 Å². The molecule has 0 fully saturated rings. The number of amides is 1. The molecule has 130 valence electrons. The van der Waals surface area contributed by atoms with Gasteiger partial charge >= 0.3 is 0 Å². The summed E-state index contributed by atoms with van der Waals surface area (Å²) in [4.78, 5) is 17.0. The zero-order chi connectivity index (χ0) is 17.9. The van der Waals surface area contributed by atoms with Gasteiger partial charge in [-0.1, -0.05) is 36.4 Å². The lowest BCUT2D eigenvalue weighted by atomic mass is 10.1. The predicted octanol–water partition coefficient (Wildman–Crippen LogP) is 4.64. The third-order valence-corrected chi connectivity index (χ3v) is 5.39. The molecule has 1 N–H and O–H groups in total. The summed E-state index contributed by atoms with van der Waals surface area (Å²) in [5.74, 6) is -0.0694. The van der Waals surface area contributed by atoms with Crippen molar-refractivity contribution in [1.82, 2.24) is 14.9 Å². The number of nitrogens with zero attached hydrogens (tertiary/aromatic N) is 2. The molecule has 0 aliphatic carbocycles. The van der Waals surface area contributed by atoms with Crippen LogP contribution in [0.2, 0.25) is 0 Å². The smallest absolute Gasteiger partial charge is 0.268 e. The maximum atomic E-state index is 12.9. The number of pyridine rings is 1. The van der Waals surface area contributed by atoms with E-state index in [2.05, 4.69) is 45.4 Å². The van der Waals surface area contributed by atoms with Crippen molar-refractivity contribution >= 4 is 27.5 Å². The lowest BCUT2D eigenvalue weighted by molar-refractivity contribution is 0.0941. The molecule has 0 saturated carbocycles. The number of hydrogen-bond donors (Lipinski definition) is 1. The van der Waals surface area contributed by atoms with E-state index >= 15 is 0 Å². The van der Waals surface area contributed by atoms with E-state index in [1.807, 2.05) is 36.4 Å². The Balaban J connectivity index is 1.66. The Labute approximate surface area is 156 Å². The Bertz CT molecular complexity index is 1020. The van der Waals surface area contributed by atoms with Gasteiger partial charge in [-0.15, -0.1) is 11.3 Å². The SMILES string of the molecule is CC(c1ccccc1)n1c(C(=O)NCc2cccnc2)cc2sccc21. The first-order valence-electron chi connectivity index (χ1n) is 8.54. The van der Waals surface area contributed by atoms with E-state index in [9.17, 15) is 4.79 Å². The molecule has 4 rings (SSSR count). The minimum Gasteiger partial charge on any atom is -0.347 e. The molecule has 1 aromatic carbocycles. The lowest BCUT2D eigenvalue weighted by Crippen LogP contribution is -2.26. The van der Waals surface area contributed by atoms with Gasteiger partial charge in [0.15, 0.2) is 0 Å². The number of carbonyl (C=O) groups is 1. The molecule has 1 amide bonds. The molecule has 4 nitrogen and oxygen atoms in total. The minimum absolute atomic E-state index is 0.0694. The van der Waals surface area contributed by atoms with E-state index in [0.29, 0.717) is 12.2 Å². The van der Waals surface area contributed by atoms with Crippen molar-refractivity contribution in [1.29, 1.82) is 0 Å². The first kappa shape index (κ1) is 16.5. The lowest BCUT2D eigenvalue weighted by Gasteiger charge is -2.19. The number of nitrogens with one attached hydrogen (secondary N) is 1. The first-order chi connectivity index (χ1) is 12.7. The second kappa shape index (κ2) is 7.14. The number of fused-ring (bicyclic) bond motifs is 1. The average molecular weight is 361 g/mol. The third-order valence-electron chi connectivity index (χ3n) is 4.54. The van der Waals surface area contributed by atoms with Crippen molar-refractivity contribution in [2.24, 2.45) is 0 Å². The molecule has 0 spiro atoms. The summed E-state index contributed by atoms with van der Waals surface area (Å²) in [6.45, 7) is 2.59. The minimum atomic E-state index is -0.0694. The number of aromatic nitrogens is 2. The van der Waals surface area contributed by atoms with Crippen molar-refractivity contribution in [3.05, 3.63) is 89.2 Å². The van der Waals surface area contributed by atoms with Gasteiger partial charge in [0.1, 0.15) is 5.69 Å². The van der Waals surface area contributed by atoms with Gasteiger partial charge < -0.3 is 9.88 Å². The Morgan fingerprint density at radius 1 is 1.19 bits per heavy atom. The van der Waals surface area contributed by atoms with Crippen LogP contribution < -0.4 is 5.32 Å². The summed E-state index contributed by atoms with van der Waals surface area (Å²) in [5.41, 5.74) is 3.94.